The van der Waals surface area contributed by atoms with Gasteiger partial charge < -0.3 is 40.0 Å². The highest BCUT2D eigenvalue weighted by atomic mass is 16.5. The molecule has 2 aliphatic heterocycles. The summed E-state index contributed by atoms with van der Waals surface area (Å²) in [5, 5.41) is 26.2. The molecule has 35 heavy (non-hydrogen) atoms. The molecule has 0 unspecified atom stereocenters. The van der Waals surface area contributed by atoms with Gasteiger partial charge in [-0.2, -0.15) is 0 Å². The van der Waals surface area contributed by atoms with Crippen LogP contribution < -0.4 is 25.0 Å². The van der Waals surface area contributed by atoms with Gasteiger partial charge in [0.1, 0.15) is 23.7 Å². The van der Waals surface area contributed by atoms with Gasteiger partial charge in [-0.25, -0.2) is 4.79 Å². The lowest BCUT2D eigenvalue weighted by atomic mass is 10.0. The molecule has 0 spiro atoms. The van der Waals surface area contributed by atoms with Crippen molar-refractivity contribution in [3.05, 3.63) is 48.5 Å². The number of piperazine rings is 1. The number of carbonyl (C=O) groups is 1. The molecular formula is C25H34N4O6. The highest BCUT2D eigenvalue weighted by Gasteiger charge is 2.46. The van der Waals surface area contributed by atoms with E-state index >= 15 is 0 Å². The number of rotatable bonds is 8. The molecule has 0 aromatic heterocycles. The van der Waals surface area contributed by atoms with Crippen molar-refractivity contribution in [1.82, 2.24) is 10.2 Å². The van der Waals surface area contributed by atoms with Gasteiger partial charge in [0.25, 0.3) is 0 Å². The number of nitrogens with zero attached hydrogens (tertiary/aromatic N) is 2. The van der Waals surface area contributed by atoms with Crippen LogP contribution in [0.1, 0.15) is 0 Å². The van der Waals surface area contributed by atoms with Gasteiger partial charge in [0, 0.05) is 62.3 Å². The Kier molecular flexibility index (Phi) is 8.29. The van der Waals surface area contributed by atoms with E-state index in [0.717, 1.165) is 26.2 Å². The number of amides is 2. The number of anilines is 2. The molecule has 0 bridgehead atoms. The molecule has 10 heteroatoms. The molecule has 4 atom stereocenters. The van der Waals surface area contributed by atoms with Crippen molar-refractivity contribution in [2.75, 3.05) is 63.8 Å². The van der Waals surface area contributed by atoms with Gasteiger partial charge in [0.2, 0.25) is 0 Å². The van der Waals surface area contributed by atoms with Crippen LogP contribution in [0.15, 0.2) is 48.5 Å². The number of methoxy groups -OCH3 is 2. The van der Waals surface area contributed by atoms with Gasteiger partial charge in [-0.15, -0.1) is 0 Å². The van der Waals surface area contributed by atoms with Crippen molar-refractivity contribution in [1.29, 1.82) is 0 Å². The number of ether oxygens (including phenoxy) is 3. The van der Waals surface area contributed by atoms with Crippen LogP contribution in [0.2, 0.25) is 0 Å². The third-order valence-electron chi connectivity index (χ3n) is 6.57. The van der Waals surface area contributed by atoms with Crippen LogP contribution in [-0.2, 0) is 4.74 Å². The largest absolute Gasteiger partial charge is 0.497 e. The molecule has 10 nitrogen and oxygen atoms in total. The van der Waals surface area contributed by atoms with Crippen molar-refractivity contribution in [2.24, 2.45) is 0 Å². The molecule has 190 valence electrons. The van der Waals surface area contributed by atoms with Gasteiger partial charge in [-0.1, -0.05) is 18.2 Å². The minimum atomic E-state index is -0.846. The summed E-state index contributed by atoms with van der Waals surface area (Å²) in [5.74, 6) is 1.12. The van der Waals surface area contributed by atoms with Gasteiger partial charge >= 0.3 is 6.03 Å². The van der Waals surface area contributed by atoms with E-state index < -0.39 is 24.3 Å². The average Bonchev–Trinajstić information content (AvgIpc) is 3.22. The maximum Gasteiger partial charge on any atom is 0.319 e. The SMILES string of the molecule is COc1cc(NC(=O)NC[C@@H]2O[C@@H](CO)[C@@H](O)[C@H]2N2CCN(c3ccccc3)CC2)cc(OC)c1. The molecule has 2 saturated heterocycles. The first-order valence-electron chi connectivity index (χ1n) is 11.8. The Labute approximate surface area is 205 Å². The molecular weight excluding hydrogens is 452 g/mol. The number of carbonyl (C=O) groups excluding carboxylic acids is 1. The molecule has 2 aromatic rings. The molecule has 0 aliphatic carbocycles. The number of hydrogen-bond acceptors (Lipinski definition) is 8. The Hall–Kier alpha value is -3.05. The summed E-state index contributed by atoms with van der Waals surface area (Å²) in [7, 11) is 3.08. The summed E-state index contributed by atoms with van der Waals surface area (Å²) < 4.78 is 16.4. The first kappa shape index (κ1) is 25.1. The van der Waals surface area contributed by atoms with E-state index in [4.69, 9.17) is 14.2 Å². The molecule has 2 aliphatic rings. The molecule has 0 saturated carbocycles. The van der Waals surface area contributed by atoms with Gasteiger partial charge in [-0.3, -0.25) is 4.90 Å². The highest BCUT2D eigenvalue weighted by Crippen LogP contribution is 2.28. The Morgan fingerprint density at radius 3 is 2.29 bits per heavy atom. The van der Waals surface area contributed by atoms with E-state index in [-0.39, 0.29) is 19.2 Å². The van der Waals surface area contributed by atoms with E-state index in [9.17, 15) is 15.0 Å². The fourth-order valence-corrected chi connectivity index (χ4v) is 4.76. The van der Waals surface area contributed by atoms with Crippen LogP contribution in [-0.4, -0.2) is 99.0 Å². The summed E-state index contributed by atoms with van der Waals surface area (Å²) in [6.07, 6.45) is -2.00. The molecule has 0 radical (unpaired) electrons. The van der Waals surface area contributed by atoms with Crippen LogP contribution in [0.5, 0.6) is 11.5 Å². The van der Waals surface area contributed by atoms with Crippen molar-refractivity contribution >= 4 is 17.4 Å². The lowest BCUT2D eigenvalue weighted by molar-refractivity contribution is -0.0205. The summed E-state index contributed by atoms with van der Waals surface area (Å²) in [4.78, 5) is 17.1. The third-order valence-corrected chi connectivity index (χ3v) is 6.57. The van der Waals surface area contributed by atoms with Crippen molar-refractivity contribution in [2.45, 2.75) is 24.4 Å². The standard InChI is InChI=1S/C25H34N4O6/c1-33-19-12-17(13-20(14-19)34-2)27-25(32)26-15-21-23(24(31)22(16-30)35-21)29-10-8-28(9-11-29)18-6-4-3-5-7-18/h3-7,12-14,21-24,30-31H,8-11,15-16H2,1-2H3,(H2,26,27,32)/t21-,22-,23-,24+/m0/s1. The van der Waals surface area contributed by atoms with Gasteiger partial charge in [0.15, 0.2) is 0 Å². The Morgan fingerprint density at radius 1 is 1.03 bits per heavy atom. The lowest BCUT2D eigenvalue weighted by Crippen LogP contribution is -2.57. The topological polar surface area (TPSA) is 116 Å². The maximum absolute atomic E-state index is 12.6. The van der Waals surface area contributed by atoms with Crippen LogP contribution in [0, 0.1) is 0 Å². The number of aliphatic hydroxyl groups is 2. The average molecular weight is 487 g/mol. The number of benzene rings is 2. The summed E-state index contributed by atoms with van der Waals surface area (Å²) in [6.45, 7) is 3.01. The zero-order chi connectivity index (χ0) is 24.8. The lowest BCUT2D eigenvalue weighted by Gasteiger charge is -2.41. The molecule has 4 N–H and O–H groups in total. The van der Waals surface area contributed by atoms with Crippen LogP contribution in [0.4, 0.5) is 16.2 Å². The minimum Gasteiger partial charge on any atom is -0.497 e. The predicted octanol–water partition coefficient (Wildman–Crippen LogP) is 1.14. The molecule has 2 amide bonds. The molecule has 2 aromatic carbocycles. The van der Waals surface area contributed by atoms with E-state index in [1.54, 1.807) is 32.4 Å². The predicted molar refractivity (Wildman–Crippen MR) is 132 cm³/mol. The van der Waals surface area contributed by atoms with Crippen molar-refractivity contribution in [3.63, 3.8) is 0 Å². The van der Waals surface area contributed by atoms with E-state index in [2.05, 4.69) is 32.6 Å². The quantitative estimate of drug-likeness (QED) is 0.439. The third kappa shape index (κ3) is 5.96. The van der Waals surface area contributed by atoms with Gasteiger partial charge in [-0.05, 0) is 12.1 Å². The second kappa shape index (κ2) is 11.6. The number of para-hydroxylation sites is 1. The van der Waals surface area contributed by atoms with Crippen LogP contribution >= 0.6 is 0 Å². The number of nitrogens with one attached hydrogen (secondary N) is 2. The Morgan fingerprint density at radius 2 is 1.69 bits per heavy atom. The second-order valence-corrected chi connectivity index (χ2v) is 8.67. The number of urea groups is 1. The van der Waals surface area contributed by atoms with Gasteiger partial charge in [0.05, 0.1) is 33.0 Å². The molecule has 4 rings (SSSR count). The first-order chi connectivity index (χ1) is 17.0. The molecule has 2 heterocycles. The van der Waals surface area contributed by atoms with Crippen LogP contribution in [0.25, 0.3) is 0 Å². The Balaban J connectivity index is 1.36. The fraction of sp³-hybridized carbons (Fsp3) is 0.480. The monoisotopic (exact) mass is 486 g/mol. The normalized spacial score (nSPS) is 24.7. The van der Waals surface area contributed by atoms with E-state index in [0.29, 0.717) is 17.2 Å². The van der Waals surface area contributed by atoms with Crippen molar-refractivity contribution in [3.8, 4) is 11.5 Å². The van der Waals surface area contributed by atoms with Crippen LogP contribution in [0.3, 0.4) is 0 Å². The number of aliphatic hydroxyl groups excluding tert-OH is 2. The maximum atomic E-state index is 12.6. The van der Waals surface area contributed by atoms with Crippen molar-refractivity contribution < 1.29 is 29.2 Å². The zero-order valence-corrected chi connectivity index (χ0v) is 20.1. The minimum absolute atomic E-state index is 0.185. The molecule has 2 fully saturated rings. The fourth-order valence-electron chi connectivity index (χ4n) is 4.76. The smallest absolute Gasteiger partial charge is 0.319 e. The highest BCUT2D eigenvalue weighted by molar-refractivity contribution is 5.89. The number of hydrogen-bond donors (Lipinski definition) is 4. The van der Waals surface area contributed by atoms with E-state index in [1.165, 1.54) is 5.69 Å². The summed E-state index contributed by atoms with van der Waals surface area (Å²) in [5.41, 5.74) is 1.69. The summed E-state index contributed by atoms with van der Waals surface area (Å²) >= 11 is 0. The summed E-state index contributed by atoms with van der Waals surface area (Å²) in [6, 6.07) is 14.6. The first-order valence-corrected chi connectivity index (χ1v) is 11.8. The zero-order valence-electron chi connectivity index (χ0n) is 20.1. The Bertz CT molecular complexity index is 947. The second-order valence-electron chi connectivity index (χ2n) is 8.67. The van der Waals surface area contributed by atoms with E-state index in [1.807, 2.05) is 18.2 Å².